The summed E-state index contributed by atoms with van der Waals surface area (Å²) in [6.45, 7) is 5.08. The number of aliphatic hydroxyl groups is 1. The van der Waals surface area contributed by atoms with Crippen LogP contribution in [0.25, 0.3) is 0 Å². The number of carbonyl (C=O) groups is 1. The zero-order valence-electron chi connectivity index (χ0n) is 15.6. The van der Waals surface area contributed by atoms with Gasteiger partial charge in [-0.25, -0.2) is 0 Å². The second-order valence-corrected chi connectivity index (χ2v) is 8.05. The summed E-state index contributed by atoms with van der Waals surface area (Å²) in [7, 11) is 0. The van der Waals surface area contributed by atoms with Crippen molar-refractivity contribution in [3.8, 4) is 0 Å². The Morgan fingerprint density at radius 2 is 1.35 bits per heavy atom. The van der Waals surface area contributed by atoms with Crippen molar-refractivity contribution in [1.82, 2.24) is 0 Å². The normalized spacial score (nSPS) is 44.1. The third-order valence-electron chi connectivity index (χ3n) is 6.55. The van der Waals surface area contributed by atoms with E-state index in [1.807, 2.05) is 0 Å². The van der Waals surface area contributed by atoms with E-state index in [1.165, 1.54) is 25.7 Å². The van der Waals surface area contributed by atoms with Gasteiger partial charge in [0.2, 0.25) is 0 Å². The second-order valence-electron chi connectivity index (χ2n) is 8.05. The van der Waals surface area contributed by atoms with Crippen LogP contribution in [0.1, 0.15) is 61.2 Å². The van der Waals surface area contributed by atoms with Crippen LogP contribution >= 0.6 is 0 Å². The summed E-state index contributed by atoms with van der Waals surface area (Å²) in [5, 5.41) is 8.70. The van der Waals surface area contributed by atoms with Gasteiger partial charge in [-0.2, -0.15) is 0 Å². The van der Waals surface area contributed by atoms with Gasteiger partial charge in [-0.3, -0.25) is 0 Å². The van der Waals surface area contributed by atoms with Crippen LogP contribution in [0.4, 0.5) is 0 Å². The number of aliphatic hydroxyl groups excluding tert-OH is 1. The Bertz CT molecular complexity index is 341. The van der Waals surface area contributed by atoms with Crippen molar-refractivity contribution in [2.24, 2.45) is 47.3 Å². The molecule has 23 heavy (non-hydrogen) atoms. The molecule has 0 bridgehead atoms. The van der Waals surface area contributed by atoms with Gasteiger partial charge in [0.05, 0.1) is 0 Å². The van der Waals surface area contributed by atoms with Crippen LogP contribution in [0.3, 0.4) is 0 Å². The number of carbonyl (C=O) groups excluding carboxylic acids is 1. The topological polar surface area (TPSA) is 37.3 Å². The molecular formula is C19H35BNaO2. The average molecular weight is 329 g/mol. The minimum atomic E-state index is 0. The largest absolute Gasteiger partial charge is 1.00 e. The first-order chi connectivity index (χ1) is 9.65. The maximum atomic E-state index is 10.2. The first-order valence-electron chi connectivity index (χ1n) is 8.70. The SMILES string of the molecule is C.CC1CC2C(CC=O)C2C1.CC1CC2C(CCO)C2C1.[B].[H-].[Na+]. The Balaban J connectivity index is 0. The maximum Gasteiger partial charge on any atom is 1.00 e. The van der Waals surface area contributed by atoms with Crippen molar-refractivity contribution in [3.05, 3.63) is 0 Å². The fraction of sp³-hybridized carbons (Fsp3) is 0.947. The number of hydrogen-bond donors (Lipinski definition) is 1. The average Bonchev–Trinajstić information content (AvgIpc) is 3.08. The Labute approximate surface area is 168 Å². The zero-order valence-corrected chi connectivity index (χ0v) is 16.6. The molecule has 4 aliphatic carbocycles. The van der Waals surface area contributed by atoms with Gasteiger partial charge in [0.25, 0.3) is 0 Å². The molecule has 4 atom stereocenters. The van der Waals surface area contributed by atoms with Crippen molar-refractivity contribution >= 4 is 14.7 Å². The van der Waals surface area contributed by atoms with Gasteiger partial charge in [0.15, 0.2) is 0 Å². The summed E-state index contributed by atoms with van der Waals surface area (Å²) >= 11 is 0. The Hall–Kier alpha value is 0.695. The summed E-state index contributed by atoms with van der Waals surface area (Å²) in [5.41, 5.74) is 0. The van der Waals surface area contributed by atoms with Crippen LogP contribution in [0.15, 0.2) is 0 Å². The van der Waals surface area contributed by atoms with Crippen molar-refractivity contribution in [1.29, 1.82) is 0 Å². The quantitative estimate of drug-likeness (QED) is 0.615. The summed E-state index contributed by atoms with van der Waals surface area (Å²) in [6.07, 6.45) is 8.66. The van der Waals surface area contributed by atoms with Gasteiger partial charge in [-0.05, 0) is 79.4 Å². The molecule has 0 heterocycles. The Morgan fingerprint density at radius 3 is 1.70 bits per heavy atom. The minimum absolute atomic E-state index is 0. The van der Waals surface area contributed by atoms with Crippen LogP contribution in [0, 0.1) is 47.3 Å². The maximum absolute atomic E-state index is 10.2. The molecule has 3 radical (unpaired) electrons. The van der Waals surface area contributed by atoms with E-state index < -0.39 is 0 Å². The predicted octanol–water partition coefficient (Wildman–Crippen LogP) is 0.900. The Kier molecular flexibility index (Phi) is 10.3. The van der Waals surface area contributed by atoms with Crippen LogP contribution in [-0.2, 0) is 4.79 Å². The van der Waals surface area contributed by atoms with Crippen LogP contribution in [-0.4, -0.2) is 26.4 Å². The van der Waals surface area contributed by atoms with Crippen LogP contribution in [0.2, 0.25) is 0 Å². The van der Waals surface area contributed by atoms with E-state index >= 15 is 0 Å². The van der Waals surface area contributed by atoms with Crippen LogP contribution in [0.5, 0.6) is 0 Å². The predicted molar refractivity (Wildman–Crippen MR) is 93.7 cm³/mol. The van der Waals surface area contributed by atoms with E-state index in [9.17, 15) is 4.79 Å². The molecule has 0 saturated heterocycles. The molecule has 0 aromatic carbocycles. The molecule has 0 spiro atoms. The van der Waals surface area contributed by atoms with Crippen molar-refractivity contribution < 1.29 is 40.9 Å². The van der Waals surface area contributed by atoms with Gasteiger partial charge >= 0.3 is 29.6 Å². The third kappa shape index (κ3) is 5.33. The molecule has 0 aromatic heterocycles. The third-order valence-corrected chi connectivity index (χ3v) is 6.55. The van der Waals surface area contributed by atoms with Gasteiger partial charge in [0.1, 0.15) is 6.29 Å². The number of aldehydes is 1. The number of fused-ring (bicyclic) bond motifs is 2. The molecule has 1 N–H and O–H groups in total. The molecule has 0 amide bonds. The molecule has 4 unspecified atom stereocenters. The zero-order chi connectivity index (χ0) is 14.3. The standard InChI is InChI=1S/C9H16O.C9H14O.CH4.B.Na.H/c2*1-6-4-8-7(2-3-10)9(8)5-6;;;;/h6-10H,2-5H2,1H3;3,6-9H,2,4-5H2,1H3;1H4;;;/q;;;;+1;-1. The summed E-state index contributed by atoms with van der Waals surface area (Å²) in [5.74, 6) is 7.56. The molecule has 2 nitrogen and oxygen atoms in total. The minimum Gasteiger partial charge on any atom is -1.00 e. The second kappa shape index (κ2) is 9.99. The van der Waals surface area contributed by atoms with E-state index in [1.54, 1.807) is 0 Å². The van der Waals surface area contributed by atoms with Gasteiger partial charge < -0.3 is 11.3 Å². The summed E-state index contributed by atoms with van der Waals surface area (Å²) < 4.78 is 0. The number of rotatable bonds is 4. The van der Waals surface area contributed by atoms with E-state index in [-0.39, 0.29) is 46.8 Å². The van der Waals surface area contributed by atoms with E-state index in [4.69, 9.17) is 5.11 Å². The molecule has 4 heteroatoms. The van der Waals surface area contributed by atoms with Crippen LogP contribution < -0.4 is 29.6 Å². The van der Waals surface area contributed by atoms with E-state index in [0.717, 1.165) is 66.5 Å². The molecule has 0 aliphatic heterocycles. The van der Waals surface area contributed by atoms with E-state index in [0.29, 0.717) is 6.61 Å². The molecule has 127 valence electrons. The molecule has 0 aromatic rings. The monoisotopic (exact) mass is 329 g/mol. The van der Waals surface area contributed by atoms with Crippen molar-refractivity contribution in [2.45, 2.75) is 59.8 Å². The first kappa shape index (κ1) is 23.7. The smallest absolute Gasteiger partial charge is 1.00 e. The summed E-state index contributed by atoms with van der Waals surface area (Å²) in [4.78, 5) is 10.2. The molecule has 4 rings (SSSR count). The first-order valence-corrected chi connectivity index (χ1v) is 8.70. The van der Waals surface area contributed by atoms with Gasteiger partial charge in [-0.1, -0.05) is 21.3 Å². The molecular weight excluding hydrogens is 294 g/mol. The Morgan fingerprint density at radius 1 is 0.957 bits per heavy atom. The van der Waals surface area contributed by atoms with Crippen molar-refractivity contribution in [3.63, 3.8) is 0 Å². The fourth-order valence-corrected chi connectivity index (χ4v) is 5.54. The van der Waals surface area contributed by atoms with Gasteiger partial charge in [-0.15, -0.1) is 0 Å². The summed E-state index contributed by atoms with van der Waals surface area (Å²) in [6, 6.07) is 0. The fourth-order valence-electron chi connectivity index (χ4n) is 5.54. The molecule has 4 fully saturated rings. The van der Waals surface area contributed by atoms with Gasteiger partial charge in [0, 0.05) is 21.4 Å². The van der Waals surface area contributed by atoms with E-state index in [2.05, 4.69) is 13.8 Å². The number of hydrogen-bond acceptors (Lipinski definition) is 2. The molecule has 4 aliphatic rings. The molecule has 4 saturated carbocycles. The van der Waals surface area contributed by atoms with Crippen molar-refractivity contribution in [2.75, 3.05) is 6.61 Å².